The summed E-state index contributed by atoms with van der Waals surface area (Å²) in [5, 5.41) is 7.00. The van der Waals surface area contributed by atoms with Gasteiger partial charge >= 0.3 is 12.4 Å². The number of nitrogens with zero attached hydrogens (tertiary/aromatic N) is 2. The van der Waals surface area contributed by atoms with Crippen molar-refractivity contribution >= 4 is 5.70 Å². The molecule has 0 fully saturated rings. The molecular formula is C17H10F6N2. The smallest absolute Gasteiger partial charge is 0.168 e. The molecule has 2 aromatic carbocycles. The minimum absolute atomic E-state index is 0.117. The topological polar surface area (TPSA) is 24.7 Å². The third-order valence-electron chi connectivity index (χ3n) is 3.82. The first-order valence-corrected chi connectivity index (χ1v) is 7.09. The van der Waals surface area contributed by atoms with E-state index >= 15 is 0 Å². The SMILES string of the molecule is FC(F)(F)c1ccc(C2=CC(c3ccccc3)(C(F)(F)F)N=N2)cc1. The van der Waals surface area contributed by atoms with E-state index in [-0.39, 0.29) is 16.8 Å². The second-order valence-corrected chi connectivity index (χ2v) is 5.43. The van der Waals surface area contributed by atoms with Gasteiger partial charge in [0.2, 0.25) is 5.54 Å². The summed E-state index contributed by atoms with van der Waals surface area (Å²) in [6.45, 7) is 0. The van der Waals surface area contributed by atoms with Gasteiger partial charge in [-0.3, -0.25) is 0 Å². The molecule has 0 bridgehead atoms. The lowest BCUT2D eigenvalue weighted by Gasteiger charge is -2.25. The van der Waals surface area contributed by atoms with E-state index in [0.717, 1.165) is 30.3 Å². The maximum atomic E-state index is 13.7. The van der Waals surface area contributed by atoms with Crippen LogP contribution in [0.2, 0.25) is 0 Å². The predicted molar refractivity (Wildman–Crippen MR) is 78.5 cm³/mol. The van der Waals surface area contributed by atoms with Crippen molar-refractivity contribution in [3.05, 3.63) is 77.4 Å². The Morgan fingerprint density at radius 1 is 0.760 bits per heavy atom. The van der Waals surface area contributed by atoms with Crippen LogP contribution < -0.4 is 0 Å². The van der Waals surface area contributed by atoms with Crippen LogP contribution in [0.1, 0.15) is 16.7 Å². The third-order valence-corrected chi connectivity index (χ3v) is 3.82. The van der Waals surface area contributed by atoms with Crippen molar-refractivity contribution in [3.8, 4) is 0 Å². The van der Waals surface area contributed by atoms with Crippen LogP contribution in [0.5, 0.6) is 0 Å². The van der Waals surface area contributed by atoms with Crippen molar-refractivity contribution in [3.63, 3.8) is 0 Å². The molecule has 1 aliphatic rings. The average molecular weight is 356 g/mol. The number of alkyl halides is 6. The van der Waals surface area contributed by atoms with Gasteiger partial charge in [0, 0.05) is 5.56 Å². The van der Waals surface area contributed by atoms with Gasteiger partial charge in [0.05, 0.1) is 11.3 Å². The fourth-order valence-electron chi connectivity index (χ4n) is 2.49. The van der Waals surface area contributed by atoms with Crippen molar-refractivity contribution in [2.75, 3.05) is 0 Å². The molecule has 0 N–H and O–H groups in total. The van der Waals surface area contributed by atoms with Crippen LogP contribution in [0.25, 0.3) is 5.70 Å². The summed E-state index contributed by atoms with van der Waals surface area (Å²) < 4.78 is 78.8. The van der Waals surface area contributed by atoms with Crippen LogP contribution in [0.15, 0.2) is 70.9 Å². The molecule has 0 aromatic heterocycles. The van der Waals surface area contributed by atoms with E-state index in [1.807, 2.05) is 0 Å². The van der Waals surface area contributed by atoms with Gasteiger partial charge < -0.3 is 0 Å². The summed E-state index contributed by atoms with van der Waals surface area (Å²) in [6, 6.07) is 10.8. The van der Waals surface area contributed by atoms with E-state index in [9.17, 15) is 26.3 Å². The molecule has 1 heterocycles. The van der Waals surface area contributed by atoms with Crippen LogP contribution >= 0.6 is 0 Å². The lowest BCUT2D eigenvalue weighted by Crippen LogP contribution is -2.37. The van der Waals surface area contributed by atoms with E-state index < -0.39 is 23.5 Å². The lowest BCUT2D eigenvalue weighted by molar-refractivity contribution is -0.174. The normalized spacial score (nSPS) is 20.6. The molecule has 1 aliphatic heterocycles. The molecule has 0 amide bonds. The summed E-state index contributed by atoms with van der Waals surface area (Å²) >= 11 is 0. The van der Waals surface area contributed by atoms with Gasteiger partial charge in [-0.2, -0.15) is 36.6 Å². The minimum atomic E-state index is -4.74. The molecular weight excluding hydrogens is 346 g/mol. The van der Waals surface area contributed by atoms with E-state index in [0.29, 0.717) is 0 Å². The van der Waals surface area contributed by atoms with Crippen molar-refractivity contribution < 1.29 is 26.3 Å². The summed E-state index contributed by atoms with van der Waals surface area (Å²) in [5.74, 6) is 0. The van der Waals surface area contributed by atoms with Gasteiger partial charge in [-0.15, -0.1) is 0 Å². The Bertz CT molecular complexity index is 819. The van der Waals surface area contributed by atoms with Gasteiger partial charge in [-0.1, -0.05) is 42.5 Å². The highest BCUT2D eigenvalue weighted by molar-refractivity contribution is 5.68. The minimum Gasteiger partial charge on any atom is -0.168 e. The molecule has 8 heteroatoms. The molecule has 0 saturated carbocycles. The number of rotatable bonds is 2. The van der Waals surface area contributed by atoms with Crippen LogP contribution in [0.3, 0.4) is 0 Å². The Balaban J connectivity index is 2.04. The molecule has 2 nitrogen and oxygen atoms in total. The zero-order chi connectivity index (χ0) is 18.3. The zero-order valence-electron chi connectivity index (χ0n) is 12.4. The third kappa shape index (κ3) is 3.04. The molecule has 130 valence electrons. The monoisotopic (exact) mass is 356 g/mol. The maximum Gasteiger partial charge on any atom is 0.423 e. The van der Waals surface area contributed by atoms with E-state index in [1.54, 1.807) is 6.07 Å². The Hall–Kier alpha value is -2.64. The van der Waals surface area contributed by atoms with Gasteiger partial charge in [0.1, 0.15) is 0 Å². The van der Waals surface area contributed by atoms with Crippen LogP contribution in [0, 0.1) is 0 Å². The molecule has 0 radical (unpaired) electrons. The largest absolute Gasteiger partial charge is 0.423 e. The fourth-order valence-corrected chi connectivity index (χ4v) is 2.49. The number of azo groups is 1. The summed E-state index contributed by atoms with van der Waals surface area (Å²) in [6.07, 6.45) is -8.44. The first-order chi connectivity index (χ1) is 11.6. The Kier molecular flexibility index (Phi) is 3.93. The van der Waals surface area contributed by atoms with Gasteiger partial charge in [0.15, 0.2) is 0 Å². The molecule has 0 saturated heterocycles. The predicted octanol–water partition coefficient (Wildman–Crippen LogP) is 5.97. The van der Waals surface area contributed by atoms with Crippen molar-refractivity contribution in [2.24, 2.45) is 10.2 Å². The second-order valence-electron chi connectivity index (χ2n) is 5.43. The van der Waals surface area contributed by atoms with E-state index in [4.69, 9.17) is 0 Å². The molecule has 2 aromatic rings. The molecule has 0 aliphatic carbocycles. The maximum absolute atomic E-state index is 13.7. The molecule has 1 atom stereocenters. The Labute approximate surface area is 138 Å². The number of halogens is 6. The highest BCUT2D eigenvalue weighted by Crippen LogP contribution is 2.49. The van der Waals surface area contributed by atoms with Gasteiger partial charge in [-0.05, 0) is 23.8 Å². The molecule has 25 heavy (non-hydrogen) atoms. The molecule has 0 spiro atoms. The van der Waals surface area contributed by atoms with Crippen LogP contribution in [-0.2, 0) is 11.7 Å². The quantitative estimate of drug-likeness (QED) is 0.592. The number of benzene rings is 2. The number of hydrogen-bond acceptors (Lipinski definition) is 2. The summed E-state index contributed by atoms with van der Waals surface area (Å²) in [5.41, 5.74) is -3.66. The summed E-state index contributed by atoms with van der Waals surface area (Å²) in [7, 11) is 0. The standard InChI is InChI=1S/C17H10F6N2/c18-16(19,20)13-8-6-11(7-9-13)14-10-15(25-24-14,17(21,22)23)12-4-2-1-3-5-12/h1-10H. The van der Waals surface area contributed by atoms with Crippen molar-refractivity contribution in [1.82, 2.24) is 0 Å². The summed E-state index contributed by atoms with van der Waals surface area (Å²) in [4.78, 5) is 0. The highest BCUT2D eigenvalue weighted by atomic mass is 19.4. The highest BCUT2D eigenvalue weighted by Gasteiger charge is 2.57. The first-order valence-electron chi connectivity index (χ1n) is 7.09. The zero-order valence-corrected chi connectivity index (χ0v) is 12.4. The lowest BCUT2D eigenvalue weighted by atomic mass is 9.89. The first kappa shape index (κ1) is 17.2. The Morgan fingerprint density at radius 2 is 1.36 bits per heavy atom. The van der Waals surface area contributed by atoms with Crippen molar-refractivity contribution in [2.45, 2.75) is 17.9 Å². The van der Waals surface area contributed by atoms with E-state index in [1.165, 1.54) is 24.3 Å². The van der Waals surface area contributed by atoms with Gasteiger partial charge in [-0.25, -0.2) is 0 Å². The fraction of sp³-hybridized carbons (Fsp3) is 0.176. The van der Waals surface area contributed by atoms with E-state index in [2.05, 4.69) is 10.2 Å². The Morgan fingerprint density at radius 3 is 1.88 bits per heavy atom. The molecule has 1 unspecified atom stereocenters. The van der Waals surface area contributed by atoms with Crippen LogP contribution in [0.4, 0.5) is 26.3 Å². The molecule has 3 rings (SSSR count). The average Bonchev–Trinajstić information content (AvgIpc) is 3.01. The second kappa shape index (κ2) is 5.72. The number of hydrogen-bond donors (Lipinski definition) is 0. The van der Waals surface area contributed by atoms with Gasteiger partial charge in [0.25, 0.3) is 0 Å². The van der Waals surface area contributed by atoms with Crippen LogP contribution in [-0.4, -0.2) is 6.18 Å². The van der Waals surface area contributed by atoms with Crippen molar-refractivity contribution in [1.29, 1.82) is 0 Å².